The maximum atomic E-state index is 13.4. The smallest absolute Gasteiger partial charge is 0.239 e. The van der Waals surface area contributed by atoms with Gasteiger partial charge in [0.1, 0.15) is 11.9 Å². The standard InChI is InChI=1S/C17H19FN2O/c1-12-9-14(18)11-15(10-12)20-16(17(19)21)8-7-13-5-3-2-4-6-13/h2-6,9-11,16,20H,7-8H2,1H3,(H2,19,21). The van der Waals surface area contributed by atoms with Crippen molar-refractivity contribution in [1.29, 1.82) is 0 Å². The van der Waals surface area contributed by atoms with Crippen LogP contribution in [0, 0.1) is 12.7 Å². The summed E-state index contributed by atoms with van der Waals surface area (Å²) in [6.45, 7) is 1.80. The van der Waals surface area contributed by atoms with E-state index in [4.69, 9.17) is 5.73 Å². The molecule has 0 heterocycles. The molecule has 0 aliphatic rings. The molecule has 0 bridgehead atoms. The molecule has 110 valence electrons. The molecule has 1 atom stereocenters. The molecule has 3 N–H and O–H groups in total. The second kappa shape index (κ2) is 6.88. The van der Waals surface area contributed by atoms with Gasteiger partial charge in [0, 0.05) is 5.69 Å². The molecule has 0 aromatic heterocycles. The molecule has 4 heteroatoms. The zero-order chi connectivity index (χ0) is 15.2. The molecule has 0 saturated carbocycles. The zero-order valence-corrected chi connectivity index (χ0v) is 12.0. The van der Waals surface area contributed by atoms with Gasteiger partial charge >= 0.3 is 0 Å². The van der Waals surface area contributed by atoms with Crippen molar-refractivity contribution in [2.24, 2.45) is 5.73 Å². The van der Waals surface area contributed by atoms with Gasteiger partial charge in [-0.1, -0.05) is 30.3 Å². The van der Waals surface area contributed by atoms with E-state index in [1.165, 1.54) is 12.1 Å². The Hall–Kier alpha value is -2.36. The molecule has 1 unspecified atom stereocenters. The summed E-state index contributed by atoms with van der Waals surface area (Å²) >= 11 is 0. The quantitative estimate of drug-likeness (QED) is 0.857. The van der Waals surface area contributed by atoms with E-state index in [-0.39, 0.29) is 5.82 Å². The lowest BCUT2D eigenvalue weighted by Crippen LogP contribution is -2.35. The minimum absolute atomic E-state index is 0.330. The number of hydrogen-bond acceptors (Lipinski definition) is 2. The van der Waals surface area contributed by atoms with E-state index >= 15 is 0 Å². The molecular weight excluding hydrogens is 267 g/mol. The van der Waals surface area contributed by atoms with E-state index in [0.29, 0.717) is 12.1 Å². The zero-order valence-electron chi connectivity index (χ0n) is 12.0. The number of carbonyl (C=O) groups is 1. The van der Waals surface area contributed by atoms with Crippen LogP contribution in [0.25, 0.3) is 0 Å². The first-order valence-electron chi connectivity index (χ1n) is 6.91. The number of anilines is 1. The van der Waals surface area contributed by atoms with Gasteiger partial charge in [-0.15, -0.1) is 0 Å². The van der Waals surface area contributed by atoms with Crippen LogP contribution in [-0.4, -0.2) is 11.9 Å². The van der Waals surface area contributed by atoms with Gasteiger partial charge in [0.05, 0.1) is 0 Å². The molecule has 2 aromatic rings. The third-order valence-electron chi connectivity index (χ3n) is 3.29. The van der Waals surface area contributed by atoms with Crippen molar-refractivity contribution in [1.82, 2.24) is 0 Å². The first-order valence-corrected chi connectivity index (χ1v) is 6.91. The van der Waals surface area contributed by atoms with Crippen molar-refractivity contribution in [2.45, 2.75) is 25.8 Å². The van der Waals surface area contributed by atoms with Crippen LogP contribution in [0.4, 0.5) is 10.1 Å². The minimum Gasteiger partial charge on any atom is -0.374 e. The highest BCUT2D eigenvalue weighted by Crippen LogP contribution is 2.16. The van der Waals surface area contributed by atoms with Gasteiger partial charge in [0.15, 0.2) is 0 Å². The van der Waals surface area contributed by atoms with Crippen LogP contribution < -0.4 is 11.1 Å². The Morgan fingerprint density at radius 2 is 1.95 bits per heavy atom. The Balaban J connectivity index is 2.03. The average molecular weight is 286 g/mol. The molecule has 2 aromatic carbocycles. The minimum atomic E-state index is -0.522. The molecule has 0 radical (unpaired) electrons. The summed E-state index contributed by atoms with van der Waals surface area (Å²) in [4.78, 5) is 11.6. The summed E-state index contributed by atoms with van der Waals surface area (Å²) < 4.78 is 13.4. The van der Waals surface area contributed by atoms with E-state index in [0.717, 1.165) is 17.5 Å². The lowest BCUT2D eigenvalue weighted by atomic mass is 10.0. The normalized spacial score (nSPS) is 11.9. The summed E-state index contributed by atoms with van der Waals surface area (Å²) in [6, 6.07) is 13.9. The molecule has 2 rings (SSSR count). The predicted octanol–water partition coefficient (Wildman–Crippen LogP) is 3.03. The highest BCUT2D eigenvalue weighted by molar-refractivity contribution is 5.83. The first kappa shape index (κ1) is 15.0. The highest BCUT2D eigenvalue weighted by atomic mass is 19.1. The Morgan fingerprint density at radius 1 is 1.24 bits per heavy atom. The van der Waals surface area contributed by atoms with Crippen LogP contribution >= 0.6 is 0 Å². The fourth-order valence-electron chi connectivity index (χ4n) is 2.26. The lowest BCUT2D eigenvalue weighted by Gasteiger charge is -2.17. The topological polar surface area (TPSA) is 55.1 Å². The molecule has 0 fully saturated rings. The van der Waals surface area contributed by atoms with Gasteiger partial charge in [0.2, 0.25) is 5.91 Å². The van der Waals surface area contributed by atoms with Gasteiger partial charge in [-0.05, 0) is 49.1 Å². The largest absolute Gasteiger partial charge is 0.374 e. The Bertz CT molecular complexity index is 593. The number of hydrogen-bond donors (Lipinski definition) is 2. The lowest BCUT2D eigenvalue weighted by molar-refractivity contribution is -0.118. The van der Waals surface area contributed by atoms with Crippen molar-refractivity contribution < 1.29 is 9.18 Å². The molecule has 0 aliphatic carbocycles. The molecular formula is C17H19FN2O. The Morgan fingerprint density at radius 3 is 2.57 bits per heavy atom. The van der Waals surface area contributed by atoms with Crippen LogP contribution in [0.15, 0.2) is 48.5 Å². The van der Waals surface area contributed by atoms with Gasteiger partial charge in [-0.25, -0.2) is 4.39 Å². The number of carbonyl (C=O) groups excluding carboxylic acids is 1. The number of benzene rings is 2. The van der Waals surface area contributed by atoms with Gasteiger partial charge in [-0.2, -0.15) is 0 Å². The summed E-state index contributed by atoms with van der Waals surface area (Å²) in [5.41, 5.74) is 7.94. The summed E-state index contributed by atoms with van der Waals surface area (Å²) in [5.74, 6) is -0.767. The molecule has 21 heavy (non-hydrogen) atoms. The third kappa shape index (κ3) is 4.60. The average Bonchev–Trinajstić information content (AvgIpc) is 2.43. The van der Waals surface area contributed by atoms with E-state index in [9.17, 15) is 9.18 Å². The van der Waals surface area contributed by atoms with Gasteiger partial charge in [-0.3, -0.25) is 4.79 Å². The third-order valence-corrected chi connectivity index (χ3v) is 3.29. The van der Waals surface area contributed by atoms with Crippen molar-refractivity contribution in [2.75, 3.05) is 5.32 Å². The Kier molecular flexibility index (Phi) is 4.93. The number of nitrogens with two attached hydrogens (primary N) is 1. The fraction of sp³-hybridized carbons (Fsp3) is 0.235. The summed E-state index contributed by atoms with van der Waals surface area (Å²) in [6.07, 6.45) is 1.30. The summed E-state index contributed by atoms with van der Waals surface area (Å²) in [5, 5.41) is 3.02. The molecule has 3 nitrogen and oxygen atoms in total. The predicted molar refractivity (Wildman–Crippen MR) is 82.5 cm³/mol. The second-order valence-corrected chi connectivity index (χ2v) is 5.14. The number of nitrogens with one attached hydrogen (secondary N) is 1. The monoisotopic (exact) mass is 286 g/mol. The SMILES string of the molecule is Cc1cc(F)cc(NC(CCc2ccccc2)C(N)=O)c1. The fourth-order valence-corrected chi connectivity index (χ4v) is 2.26. The van der Waals surface area contributed by atoms with E-state index in [1.54, 1.807) is 13.0 Å². The van der Waals surface area contributed by atoms with Crippen LogP contribution in [0.1, 0.15) is 17.5 Å². The first-order chi connectivity index (χ1) is 10.0. The van der Waals surface area contributed by atoms with Crippen molar-refractivity contribution in [3.05, 3.63) is 65.5 Å². The van der Waals surface area contributed by atoms with Crippen LogP contribution in [-0.2, 0) is 11.2 Å². The number of aryl methyl sites for hydroxylation is 2. The van der Waals surface area contributed by atoms with E-state index in [1.807, 2.05) is 30.3 Å². The number of amides is 1. The van der Waals surface area contributed by atoms with Crippen molar-refractivity contribution in [3.8, 4) is 0 Å². The maximum absolute atomic E-state index is 13.4. The van der Waals surface area contributed by atoms with Crippen molar-refractivity contribution in [3.63, 3.8) is 0 Å². The molecule has 0 spiro atoms. The number of halogens is 1. The van der Waals surface area contributed by atoms with Gasteiger partial charge < -0.3 is 11.1 Å². The van der Waals surface area contributed by atoms with Crippen LogP contribution in [0.5, 0.6) is 0 Å². The maximum Gasteiger partial charge on any atom is 0.239 e. The molecule has 0 aliphatic heterocycles. The van der Waals surface area contributed by atoms with E-state index < -0.39 is 11.9 Å². The second-order valence-electron chi connectivity index (χ2n) is 5.14. The number of rotatable bonds is 6. The van der Waals surface area contributed by atoms with E-state index in [2.05, 4.69) is 5.32 Å². The van der Waals surface area contributed by atoms with Crippen LogP contribution in [0.2, 0.25) is 0 Å². The van der Waals surface area contributed by atoms with Crippen molar-refractivity contribution >= 4 is 11.6 Å². The molecule has 0 saturated heterocycles. The molecule has 1 amide bonds. The Labute approximate surface area is 124 Å². The summed E-state index contributed by atoms with van der Waals surface area (Å²) in [7, 11) is 0. The van der Waals surface area contributed by atoms with Crippen LogP contribution in [0.3, 0.4) is 0 Å². The number of primary amides is 1. The van der Waals surface area contributed by atoms with Gasteiger partial charge in [0.25, 0.3) is 0 Å². The highest BCUT2D eigenvalue weighted by Gasteiger charge is 2.15.